The average molecular weight is 301 g/mol. The molecule has 0 saturated heterocycles. The van der Waals surface area contributed by atoms with Crippen LogP contribution in [0.1, 0.15) is 19.8 Å². The summed E-state index contributed by atoms with van der Waals surface area (Å²) >= 11 is 0. The Morgan fingerprint density at radius 1 is 1.55 bits per heavy atom. The van der Waals surface area contributed by atoms with E-state index in [0.717, 1.165) is 0 Å². The van der Waals surface area contributed by atoms with Crippen molar-refractivity contribution in [1.82, 2.24) is 15.1 Å². The molecule has 1 aromatic heterocycles. The Kier molecular flexibility index (Phi) is 5.09. The number of hydrogen-bond acceptors (Lipinski definition) is 3. The summed E-state index contributed by atoms with van der Waals surface area (Å²) in [6.07, 6.45) is 4.14. The van der Waals surface area contributed by atoms with Crippen molar-refractivity contribution in [2.45, 2.75) is 25.8 Å². The third-order valence-electron chi connectivity index (χ3n) is 3.12. The van der Waals surface area contributed by atoms with Crippen LogP contribution in [0.5, 0.6) is 0 Å². The van der Waals surface area contributed by atoms with Gasteiger partial charge in [0.05, 0.1) is 23.9 Å². The largest absolute Gasteiger partial charge is 0.334 e. The van der Waals surface area contributed by atoms with E-state index < -0.39 is 11.8 Å². The Labute approximate surface area is 127 Å². The molecule has 22 heavy (non-hydrogen) atoms. The minimum Gasteiger partial charge on any atom is -0.334 e. The molecule has 0 aliphatic heterocycles. The molecule has 2 aromatic rings. The lowest BCUT2D eigenvalue weighted by Gasteiger charge is -2.16. The number of urea groups is 1. The van der Waals surface area contributed by atoms with Gasteiger partial charge in [-0.25, -0.2) is 13.9 Å². The topological polar surface area (TPSA) is 82.7 Å². The van der Waals surface area contributed by atoms with E-state index in [2.05, 4.69) is 15.7 Å². The lowest BCUT2D eigenvalue weighted by atomic mass is 10.2. The average Bonchev–Trinajstić information content (AvgIpc) is 3.01. The van der Waals surface area contributed by atoms with Gasteiger partial charge in [-0.05, 0) is 30.7 Å². The molecule has 1 heterocycles. The molecule has 1 atom stereocenters. The van der Waals surface area contributed by atoms with Gasteiger partial charge in [-0.2, -0.15) is 10.4 Å². The normalized spacial score (nSPS) is 11.5. The second-order valence-corrected chi connectivity index (χ2v) is 4.68. The van der Waals surface area contributed by atoms with Crippen molar-refractivity contribution in [3.8, 4) is 11.8 Å². The van der Waals surface area contributed by atoms with E-state index in [-0.39, 0.29) is 12.5 Å². The first-order chi connectivity index (χ1) is 10.6. The number of nitriles is 1. The Morgan fingerprint density at radius 3 is 3.00 bits per heavy atom. The maximum Gasteiger partial charge on any atom is 0.319 e. The third kappa shape index (κ3) is 3.82. The number of hydrogen-bond donors (Lipinski definition) is 2. The predicted octanol–water partition coefficient (Wildman–Crippen LogP) is 2.83. The van der Waals surface area contributed by atoms with Gasteiger partial charge in [0.1, 0.15) is 5.82 Å². The zero-order valence-corrected chi connectivity index (χ0v) is 12.1. The van der Waals surface area contributed by atoms with E-state index >= 15 is 0 Å². The van der Waals surface area contributed by atoms with Crippen LogP contribution in [0, 0.1) is 17.1 Å². The Bertz CT molecular complexity index is 678. The summed E-state index contributed by atoms with van der Waals surface area (Å²) in [6.45, 7) is 1.87. The Balaban J connectivity index is 2.17. The molecule has 0 unspecified atom stereocenters. The quantitative estimate of drug-likeness (QED) is 0.890. The molecule has 0 saturated carbocycles. The number of carbonyl (C=O) groups excluding carboxylic acids is 1. The molecular formula is C15H16FN5O. The molecule has 2 amide bonds. The number of amides is 2. The fourth-order valence-electron chi connectivity index (χ4n) is 1.97. The highest BCUT2D eigenvalue weighted by molar-refractivity contribution is 5.91. The monoisotopic (exact) mass is 301 g/mol. The summed E-state index contributed by atoms with van der Waals surface area (Å²) in [4.78, 5) is 12.0. The second kappa shape index (κ2) is 7.22. The maximum absolute atomic E-state index is 13.4. The summed E-state index contributed by atoms with van der Waals surface area (Å²) < 4.78 is 15.0. The molecule has 0 aliphatic rings. The van der Waals surface area contributed by atoms with E-state index in [1.165, 1.54) is 22.9 Å². The highest BCUT2D eigenvalue weighted by Crippen LogP contribution is 2.20. The molecule has 7 heteroatoms. The van der Waals surface area contributed by atoms with Crippen LogP contribution in [0.25, 0.3) is 5.69 Å². The van der Waals surface area contributed by atoms with Crippen LogP contribution < -0.4 is 10.6 Å². The number of benzene rings is 1. The van der Waals surface area contributed by atoms with Crippen LogP contribution in [-0.2, 0) is 0 Å². The van der Waals surface area contributed by atoms with Crippen molar-refractivity contribution in [3.05, 3.63) is 42.5 Å². The Hall–Kier alpha value is -2.88. The highest BCUT2D eigenvalue weighted by Gasteiger charge is 2.13. The molecule has 2 rings (SSSR count). The van der Waals surface area contributed by atoms with Crippen LogP contribution in [0.15, 0.2) is 36.7 Å². The number of nitrogens with zero attached hydrogens (tertiary/aromatic N) is 3. The van der Waals surface area contributed by atoms with Crippen LogP contribution in [0.3, 0.4) is 0 Å². The van der Waals surface area contributed by atoms with Crippen molar-refractivity contribution in [1.29, 1.82) is 5.26 Å². The second-order valence-electron chi connectivity index (χ2n) is 4.68. The number of nitrogens with one attached hydrogen (secondary N) is 2. The molecule has 0 spiro atoms. The summed E-state index contributed by atoms with van der Waals surface area (Å²) in [5, 5.41) is 18.0. The van der Waals surface area contributed by atoms with Gasteiger partial charge in [-0.1, -0.05) is 6.92 Å². The van der Waals surface area contributed by atoms with Gasteiger partial charge in [-0.15, -0.1) is 0 Å². The van der Waals surface area contributed by atoms with E-state index in [1.807, 2.05) is 13.0 Å². The SMILES string of the molecule is CC[C@H](CC#N)NC(=O)Nc1cc(F)ccc1-n1cccn1. The van der Waals surface area contributed by atoms with Gasteiger partial charge in [0.2, 0.25) is 0 Å². The minimum absolute atomic E-state index is 0.221. The highest BCUT2D eigenvalue weighted by atomic mass is 19.1. The molecule has 1 aromatic carbocycles. The lowest BCUT2D eigenvalue weighted by Crippen LogP contribution is -2.37. The van der Waals surface area contributed by atoms with Crippen LogP contribution in [-0.4, -0.2) is 21.9 Å². The predicted molar refractivity (Wildman–Crippen MR) is 80.0 cm³/mol. The first kappa shape index (κ1) is 15.5. The van der Waals surface area contributed by atoms with Crippen molar-refractivity contribution >= 4 is 11.7 Å². The van der Waals surface area contributed by atoms with E-state index in [0.29, 0.717) is 17.8 Å². The molecule has 114 valence electrons. The fourth-order valence-corrected chi connectivity index (χ4v) is 1.97. The first-order valence-corrected chi connectivity index (χ1v) is 6.88. The summed E-state index contributed by atoms with van der Waals surface area (Å²) in [5.74, 6) is -0.463. The van der Waals surface area contributed by atoms with E-state index in [4.69, 9.17) is 5.26 Å². The van der Waals surface area contributed by atoms with Crippen LogP contribution >= 0.6 is 0 Å². The number of carbonyl (C=O) groups is 1. The molecule has 0 bridgehead atoms. The van der Waals surface area contributed by atoms with Crippen molar-refractivity contribution in [2.75, 3.05) is 5.32 Å². The third-order valence-corrected chi connectivity index (χ3v) is 3.12. The number of rotatable bonds is 5. The molecule has 0 radical (unpaired) electrons. The lowest BCUT2D eigenvalue weighted by molar-refractivity contribution is 0.248. The van der Waals surface area contributed by atoms with E-state index in [1.54, 1.807) is 18.5 Å². The van der Waals surface area contributed by atoms with Gasteiger partial charge in [0.25, 0.3) is 0 Å². The van der Waals surface area contributed by atoms with E-state index in [9.17, 15) is 9.18 Å². The van der Waals surface area contributed by atoms with Crippen molar-refractivity contribution in [2.24, 2.45) is 0 Å². The molecule has 0 aliphatic carbocycles. The molecule has 0 fully saturated rings. The number of halogens is 1. The zero-order valence-electron chi connectivity index (χ0n) is 12.1. The summed E-state index contributed by atoms with van der Waals surface area (Å²) in [7, 11) is 0. The van der Waals surface area contributed by atoms with Gasteiger partial charge in [0, 0.05) is 18.4 Å². The summed E-state index contributed by atoms with van der Waals surface area (Å²) in [6, 6.07) is 7.07. The molecule has 2 N–H and O–H groups in total. The van der Waals surface area contributed by atoms with Gasteiger partial charge >= 0.3 is 6.03 Å². The standard InChI is InChI=1S/C15H16FN5O/c1-2-12(6-7-17)19-15(22)20-13-10-11(16)4-5-14(13)21-9-3-8-18-21/h3-5,8-10,12H,2,6H2,1H3,(H2,19,20,22)/t12-/m1/s1. The van der Waals surface area contributed by atoms with Gasteiger partial charge in [-0.3, -0.25) is 0 Å². The number of aromatic nitrogens is 2. The van der Waals surface area contributed by atoms with Crippen LogP contribution in [0.2, 0.25) is 0 Å². The smallest absolute Gasteiger partial charge is 0.319 e. The minimum atomic E-state index is -0.485. The molecular weight excluding hydrogens is 285 g/mol. The van der Waals surface area contributed by atoms with Crippen molar-refractivity contribution < 1.29 is 9.18 Å². The van der Waals surface area contributed by atoms with Gasteiger partial charge in [0.15, 0.2) is 0 Å². The Morgan fingerprint density at radius 2 is 2.36 bits per heavy atom. The maximum atomic E-state index is 13.4. The van der Waals surface area contributed by atoms with Crippen molar-refractivity contribution in [3.63, 3.8) is 0 Å². The van der Waals surface area contributed by atoms with Gasteiger partial charge < -0.3 is 10.6 Å². The molecule has 6 nitrogen and oxygen atoms in total. The fraction of sp³-hybridized carbons (Fsp3) is 0.267. The zero-order chi connectivity index (χ0) is 15.9. The van der Waals surface area contributed by atoms with Crippen LogP contribution in [0.4, 0.5) is 14.9 Å². The number of anilines is 1. The summed E-state index contributed by atoms with van der Waals surface area (Å²) in [5.41, 5.74) is 0.850. The first-order valence-electron chi connectivity index (χ1n) is 6.88.